The van der Waals surface area contributed by atoms with Crippen LogP contribution in [0.3, 0.4) is 0 Å². The molecule has 23 heteroatoms. The molecule has 0 saturated carbocycles. The van der Waals surface area contributed by atoms with Gasteiger partial charge in [-0.2, -0.15) is 0 Å². The third-order valence-electron chi connectivity index (χ3n) is 13.9. The van der Waals surface area contributed by atoms with Gasteiger partial charge in [-0.1, -0.05) is 86.6 Å². The van der Waals surface area contributed by atoms with Gasteiger partial charge in [0.2, 0.25) is 53.2 Å². The second-order valence-corrected chi connectivity index (χ2v) is 20.6. The molecule has 1 aromatic heterocycles. The summed E-state index contributed by atoms with van der Waals surface area (Å²) in [5.74, 6) is -8.35. The molecule has 0 aliphatic carbocycles. The first kappa shape index (κ1) is 60.8. The van der Waals surface area contributed by atoms with Crippen molar-refractivity contribution in [3.63, 3.8) is 0 Å². The van der Waals surface area contributed by atoms with Crippen LogP contribution in [0.4, 0.5) is 0 Å². The minimum Gasteiger partial charge on any atom is -0.508 e. The lowest BCUT2D eigenvalue weighted by Crippen LogP contribution is -2.62. The lowest BCUT2D eigenvalue weighted by molar-refractivity contribution is -0.136. The molecule has 1 aliphatic rings. The lowest BCUT2D eigenvalue weighted by Gasteiger charge is -2.29. The van der Waals surface area contributed by atoms with E-state index in [1.54, 1.807) is 26.1 Å². The maximum absolute atomic E-state index is 14.9. The minimum absolute atomic E-state index is 0.0338. The Bertz CT molecular complexity index is 3000. The second kappa shape index (κ2) is 29.0. The average molecular weight is 1100 g/mol. The molecule has 5 aromatic rings. The number of fused-ring (bicyclic) bond motifs is 2. The standard InChI is InChI=1S/C57H74N12O11/c1-31(2)48-57(80)65-44(54(77)69-49(32(3)70)50(60)73)23-25-61-47(72)22-21-43(63-51(74)40(59)27-34-15-18-35-10-4-5-11-36(35)26-34)52(75)66-45(28-33-16-19-38(71)20-17-33)55(78)67-46(29-37-30-62-41-13-7-6-12-39(37)41)56(79)64-42(53(76)68-48)14-8-9-24-58/h4-7,10-13,15-20,26,30-32,40,42-46,48-49,62,70-71H,8-9,14,21-25,27-29,58-59H2,1-3H3,(H2,60,73)(H,61,72)(H,63,74)(H,64,79)(H,65,80)(H,66,75)(H,67,78)(H,68,76)(H,69,77)/t32-,40-,42+,43+,44?,45+,46?,48?,49+/m1/s1. The summed E-state index contributed by atoms with van der Waals surface area (Å²) in [5, 5.41) is 44.4. The highest BCUT2D eigenvalue weighted by Crippen LogP contribution is 2.21. The van der Waals surface area contributed by atoms with Gasteiger partial charge in [0.05, 0.1) is 12.1 Å². The van der Waals surface area contributed by atoms with Crippen molar-refractivity contribution in [2.75, 3.05) is 13.1 Å². The number of primary amides is 1. The molecule has 2 heterocycles. The van der Waals surface area contributed by atoms with Gasteiger partial charge < -0.3 is 74.9 Å². The SMILES string of the molecule is CC(C)C1NC(=O)[C@H](CCCCN)NC(=O)C(Cc2c[nH]c3ccccc23)NC(=O)[C@H](Cc2ccc(O)cc2)NC(=O)[C@@H](NC(=O)[C@H](N)Cc2ccc3ccccc3c2)CCC(=O)NCCC(C(=O)N[C@H](C(N)=O)[C@@H](C)O)NC1=O. The number of H-pyrrole nitrogens is 1. The van der Waals surface area contributed by atoms with Crippen molar-refractivity contribution < 1.29 is 53.4 Å². The van der Waals surface area contributed by atoms with Gasteiger partial charge in [-0.15, -0.1) is 0 Å². The number of nitrogens with one attached hydrogen (secondary N) is 9. The second-order valence-electron chi connectivity index (χ2n) is 20.6. The van der Waals surface area contributed by atoms with E-state index < -0.39 is 120 Å². The zero-order chi connectivity index (χ0) is 58.0. The van der Waals surface area contributed by atoms with E-state index in [0.717, 1.165) is 27.2 Å². The summed E-state index contributed by atoms with van der Waals surface area (Å²) in [6.07, 6.45) is -0.266. The Hall–Kier alpha value is -8.41. The van der Waals surface area contributed by atoms with Gasteiger partial charge in [0.15, 0.2) is 0 Å². The fraction of sp³-hybridized carbons (Fsp3) is 0.421. The van der Waals surface area contributed by atoms with Crippen LogP contribution >= 0.6 is 0 Å². The molecule has 80 heavy (non-hydrogen) atoms. The Morgan fingerprint density at radius 3 is 2.04 bits per heavy atom. The van der Waals surface area contributed by atoms with Crippen LogP contribution in [0.15, 0.2) is 97.2 Å². The lowest BCUT2D eigenvalue weighted by atomic mass is 9.99. The van der Waals surface area contributed by atoms with E-state index >= 15 is 0 Å². The van der Waals surface area contributed by atoms with Crippen molar-refractivity contribution >= 4 is 74.8 Å². The summed E-state index contributed by atoms with van der Waals surface area (Å²) in [5.41, 5.74) is 20.3. The van der Waals surface area contributed by atoms with Crippen molar-refractivity contribution in [2.24, 2.45) is 23.1 Å². The zero-order valence-corrected chi connectivity index (χ0v) is 45.1. The number of carbonyl (C=O) groups excluding carboxylic acids is 9. The van der Waals surface area contributed by atoms with Crippen molar-refractivity contribution in [2.45, 2.75) is 133 Å². The normalized spacial score (nSPS) is 21.5. The van der Waals surface area contributed by atoms with Gasteiger partial charge >= 0.3 is 0 Å². The molecular formula is C57H74N12O11. The van der Waals surface area contributed by atoms with Crippen LogP contribution in [0.1, 0.15) is 76.0 Å². The maximum atomic E-state index is 14.9. The Balaban J connectivity index is 1.39. The topological polar surface area (TPSA) is 384 Å². The number of benzene rings is 4. The van der Waals surface area contributed by atoms with Crippen molar-refractivity contribution in [3.05, 3.63) is 114 Å². The molecule has 17 N–H and O–H groups in total. The van der Waals surface area contributed by atoms with Crippen LogP contribution in [0, 0.1) is 5.92 Å². The molecule has 428 valence electrons. The van der Waals surface area contributed by atoms with E-state index in [0.29, 0.717) is 24.0 Å². The van der Waals surface area contributed by atoms with Gasteiger partial charge in [0.1, 0.15) is 48.0 Å². The molecule has 1 saturated heterocycles. The number of rotatable bonds is 17. The van der Waals surface area contributed by atoms with Gasteiger partial charge in [-0.25, -0.2) is 0 Å². The van der Waals surface area contributed by atoms with E-state index in [1.807, 2.05) is 60.7 Å². The number of aromatic nitrogens is 1. The Labute approximate surface area is 463 Å². The van der Waals surface area contributed by atoms with Gasteiger partial charge in [-0.05, 0) is 104 Å². The highest BCUT2D eigenvalue weighted by Gasteiger charge is 2.36. The summed E-state index contributed by atoms with van der Waals surface area (Å²) in [6, 6.07) is 15.1. The molecule has 4 aromatic carbocycles. The quantitative estimate of drug-likeness (QED) is 0.0534. The van der Waals surface area contributed by atoms with Gasteiger partial charge in [-0.3, -0.25) is 43.2 Å². The van der Waals surface area contributed by atoms with Crippen LogP contribution in [-0.4, -0.2) is 136 Å². The molecular weight excluding hydrogens is 1030 g/mol. The van der Waals surface area contributed by atoms with E-state index in [1.165, 1.54) is 31.2 Å². The molecule has 1 fully saturated rings. The highest BCUT2D eigenvalue weighted by molar-refractivity contribution is 5.99. The van der Waals surface area contributed by atoms with Crippen LogP contribution in [0.2, 0.25) is 0 Å². The average Bonchev–Trinajstić information content (AvgIpc) is 3.84. The first-order chi connectivity index (χ1) is 38.2. The molecule has 9 amide bonds. The molecule has 0 spiro atoms. The highest BCUT2D eigenvalue weighted by atomic mass is 16.3. The van der Waals surface area contributed by atoms with Crippen molar-refractivity contribution in [3.8, 4) is 5.75 Å². The summed E-state index contributed by atoms with van der Waals surface area (Å²) in [6.45, 7) is 4.47. The van der Waals surface area contributed by atoms with E-state index in [4.69, 9.17) is 17.2 Å². The van der Waals surface area contributed by atoms with Crippen LogP contribution < -0.4 is 59.7 Å². The summed E-state index contributed by atoms with van der Waals surface area (Å²) < 4.78 is 0. The first-order valence-corrected chi connectivity index (χ1v) is 26.8. The Morgan fingerprint density at radius 1 is 0.713 bits per heavy atom. The smallest absolute Gasteiger partial charge is 0.243 e. The number of carbonyl (C=O) groups is 9. The van der Waals surface area contributed by atoms with E-state index in [2.05, 4.69) is 47.5 Å². The molecule has 6 rings (SSSR count). The van der Waals surface area contributed by atoms with Gasteiger partial charge in [0.25, 0.3) is 0 Å². The third kappa shape index (κ3) is 17.3. The van der Waals surface area contributed by atoms with E-state index in [-0.39, 0.29) is 57.4 Å². The van der Waals surface area contributed by atoms with Crippen LogP contribution in [-0.2, 0) is 62.4 Å². The Kier molecular flexibility index (Phi) is 22.0. The molecule has 0 bridgehead atoms. The molecule has 1 aliphatic heterocycles. The number of aromatic amines is 1. The number of hydrogen-bond donors (Lipinski definition) is 14. The number of hydrogen-bond acceptors (Lipinski definition) is 13. The maximum Gasteiger partial charge on any atom is 0.243 e. The molecule has 23 nitrogen and oxygen atoms in total. The number of unbranched alkanes of at least 4 members (excludes halogenated alkanes) is 1. The predicted molar refractivity (Wildman–Crippen MR) is 298 cm³/mol. The summed E-state index contributed by atoms with van der Waals surface area (Å²) >= 11 is 0. The Morgan fingerprint density at radius 2 is 1.35 bits per heavy atom. The summed E-state index contributed by atoms with van der Waals surface area (Å²) in [4.78, 5) is 130. The number of nitrogens with two attached hydrogens (primary N) is 3. The number of phenolic OH excluding ortho intramolecular Hbond substituents is 1. The fourth-order valence-electron chi connectivity index (χ4n) is 9.37. The molecule has 9 atom stereocenters. The number of para-hydroxylation sites is 1. The number of phenols is 1. The largest absolute Gasteiger partial charge is 0.508 e. The van der Waals surface area contributed by atoms with Crippen LogP contribution in [0.5, 0.6) is 5.75 Å². The predicted octanol–water partition coefficient (Wildman–Crippen LogP) is -0.273. The first-order valence-electron chi connectivity index (χ1n) is 26.8. The van der Waals surface area contributed by atoms with Gasteiger partial charge in [0, 0.05) is 42.9 Å². The minimum atomic E-state index is -1.58. The monoisotopic (exact) mass is 1100 g/mol. The number of aromatic hydroxyl groups is 1. The molecule has 0 radical (unpaired) electrons. The third-order valence-corrected chi connectivity index (χ3v) is 13.9. The number of aliphatic hydroxyl groups is 1. The number of aliphatic hydroxyl groups excluding tert-OH is 1. The van der Waals surface area contributed by atoms with Crippen molar-refractivity contribution in [1.29, 1.82) is 0 Å². The molecule has 3 unspecified atom stereocenters. The van der Waals surface area contributed by atoms with E-state index in [9.17, 15) is 53.4 Å². The van der Waals surface area contributed by atoms with Crippen LogP contribution in [0.25, 0.3) is 21.7 Å². The summed E-state index contributed by atoms with van der Waals surface area (Å²) in [7, 11) is 0. The van der Waals surface area contributed by atoms with Crippen molar-refractivity contribution in [1.82, 2.24) is 47.5 Å². The fourth-order valence-corrected chi connectivity index (χ4v) is 9.37. The zero-order valence-electron chi connectivity index (χ0n) is 45.1. The number of amides is 9.